The molecule has 0 bridgehead atoms. The fraction of sp³-hybridized carbons (Fsp3) is 0.259. The minimum atomic E-state index is -1.05. The maximum atomic E-state index is 13.4. The van der Waals surface area contributed by atoms with Crippen LogP contribution in [0.5, 0.6) is 5.75 Å². The standard InChI is InChI=1S/C27H28N2O5/c1-34-25-14-19(10-11-20(25)16-28-17-21(30)15-26(31)32)27(33)29-13-12-23-22(8-5-9-24(23)29)18-6-3-2-4-7-18/h2-11,14,21,28,30H,12-13,15-17H2,1H3,(H,31,32). The predicted molar refractivity (Wildman–Crippen MR) is 130 cm³/mol. The van der Waals surface area contributed by atoms with Crippen molar-refractivity contribution in [3.63, 3.8) is 0 Å². The number of hydrogen-bond acceptors (Lipinski definition) is 5. The molecule has 0 spiro atoms. The van der Waals surface area contributed by atoms with Gasteiger partial charge in [0.1, 0.15) is 5.75 Å². The number of benzene rings is 3. The van der Waals surface area contributed by atoms with Gasteiger partial charge in [-0.3, -0.25) is 9.59 Å². The van der Waals surface area contributed by atoms with Gasteiger partial charge in [-0.2, -0.15) is 0 Å². The highest BCUT2D eigenvalue weighted by Crippen LogP contribution is 2.37. The Kier molecular flexibility index (Phi) is 7.25. The van der Waals surface area contributed by atoms with Crippen molar-refractivity contribution < 1.29 is 24.5 Å². The van der Waals surface area contributed by atoms with Gasteiger partial charge in [-0.05, 0) is 41.3 Å². The number of nitrogens with one attached hydrogen (secondary N) is 1. The van der Waals surface area contributed by atoms with Gasteiger partial charge in [-0.15, -0.1) is 0 Å². The topological polar surface area (TPSA) is 99.1 Å². The van der Waals surface area contributed by atoms with Crippen molar-refractivity contribution in [1.29, 1.82) is 0 Å². The number of anilines is 1. The van der Waals surface area contributed by atoms with E-state index in [-0.39, 0.29) is 18.9 Å². The SMILES string of the molecule is COc1cc(C(=O)N2CCc3c(-c4ccccc4)cccc32)ccc1CNCC(O)CC(=O)O. The first-order valence-electron chi connectivity index (χ1n) is 11.2. The largest absolute Gasteiger partial charge is 0.496 e. The average molecular weight is 461 g/mol. The Balaban J connectivity index is 1.50. The lowest BCUT2D eigenvalue weighted by molar-refractivity contribution is -0.139. The van der Waals surface area contributed by atoms with Crippen molar-refractivity contribution in [2.75, 3.05) is 25.1 Å². The summed E-state index contributed by atoms with van der Waals surface area (Å²) in [5, 5.41) is 21.5. The molecule has 34 heavy (non-hydrogen) atoms. The van der Waals surface area contributed by atoms with E-state index in [1.807, 2.05) is 41.3 Å². The summed E-state index contributed by atoms with van der Waals surface area (Å²) in [6.07, 6.45) is -0.495. The number of carbonyl (C=O) groups is 2. The van der Waals surface area contributed by atoms with Gasteiger partial charge in [-0.25, -0.2) is 0 Å². The van der Waals surface area contributed by atoms with Crippen molar-refractivity contribution in [1.82, 2.24) is 5.32 Å². The Morgan fingerprint density at radius 1 is 1.09 bits per heavy atom. The second-order valence-electron chi connectivity index (χ2n) is 8.29. The molecule has 1 heterocycles. The lowest BCUT2D eigenvalue weighted by Gasteiger charge is -2.19. The Bertz CT molecular complexity index is 1180. The molecule has 3 N–H and O–H groups in total. The van der Waals surface area contributed by atoms with Gasteiger partial charge in [0.05, 0.1) is 19.6 Å². The summed E-state index contributed by atoms with van der Waals surface area (Å²) in [6.45, 7) is 1.14. The van der Waals surface area contributed by atoms with E-state index in [2.05, 4.69) is 23.5 Å². The zero-order chi connectivity index (χ0) is 24.1. The average Bonchev–Trinajstić information content (AvgIpc) is 3.28. The number of fused-ring (bicyclic) bond motifs is 1. The molecule has 0 aromatic heterocycles. The minimum Gasteiger partial charge on any atom is -0.496 e. The molecule has 176 valence electrons. The van der Waals surface area contributed by atoms with Crippen LogP contribution >= 0.6 is 0 Å². The fourth-order valence-electron chi connectivity index (χ4n) is 4.36. The molecule has 1 amide bonds. The van der Waals surface area contributed by atoms with Crippen molar-refractivity contribution in [2.24, 2.45) is 0 Å². The van der Waals surface area contributed by atoms with Crippen molar-refractivity contribution in [3.8, 4) is 16.9 Å². The van der Waals surface area contributed by atoms with Crippen molar-refractivity contribution in [3.05, 3.63) is 83.4 Å². The number of amides is 1. The molecule has 0 saturated carbocycles. The van der Waals surface area contributed by atoms with E-state index in [0.717, 1.165) is 28.8 Å². The van der Waals surface area contributed by atoms with E-state index in [9.17, 15) is 14.7 Å². The van der Waals surface area contributed by atoms with Gasteiger partial charge in [0.25, 0.3) is 5.91 Å². The molecule has 4 rings (SSSR count). The monoisotopic (exact) mass is 460 g/mol. The van der Waals surface area contributed by atoms with E-state index in [1.165, 1.54) is 5.56 Å². The summed E-state index contributed by atoms with van der Waals surface area (Å²) in [6, 6.07) is 21.6. The third-order valence-corrected chi connectivity index (χ3v) is 6.00. The lowest BCUT2D eigenvalue weighted by Crippen LogP contribution is -2.29. The summed E-state index contributed by atoms with van der Waals surface area (Å²) in [4.78, 5) is 25.9. The number of aliphatic carboxylic acids is 1. The van der Waals surface area contributed by atoms with E-state index in [1.54, 1.807) is 19.2 Å². The molecule has 0 radical (unpaired) electrons. The second kappa shape index (κ2) is 10.5. The quantitative estimate of drug-likeness (QED) is 0.452. The molecule has 0 aliphatic carbocycles. The van der Waals surface area contributed by atoms with Gasteiger partial charge in [0.15, 0.2) is 0 Å². The molecular formula is C27H28N2O5. The van der Waals surface area contributed by atoms with Gasteiger partial charge in [0.2, 0.25) is 0 Å². The van der Waals surface area contributed by atoms with Crippen LogP contribution in [0.3, 0.4) is 0 Å². The third kappa shape index (κ3) is 5.11. The van der Waals surface area contributed by atoms with Crippen molar-refractivity contribution in [2.45, 2.75) is 25.5 Å². The molecule has 0 saturated heterocycles. The van der Waals surface area contributed by atoms with Gasteiger partial charge < -0.3 is 25.2 Å². The highest BCUT2D eigenvalue weighted by Gasteiger charge is 2.28. The smallest absolute Gasteiger partial charge is 0.306 e. The van der Waals surface area contributed by atoms with E-state index in [4.69, 9.17) is 9.84 Å². The van der Waals surface area contributed by atoms with Crippen LogP contribution in [0.4, 0.5) is 5.69 Å². The number of methoxy groups -OCH3 is 1. The van der Waals surface area contributed by atoms with Crippen LogP contribution in [-0.2, 0) is 17.8 Å². The van der Waals surface area contributed by atoms with Gasteiger partial charge in [0, 0.05) is 36.4 Å². The maximum Gasteiger partial charge on any atom is 0.306 e. The molecule has 3 aromatic carbocycles. The molecule has 1 unspecified atom stereocenters. The number of rotatable bonds is 9. The molecule has 7 heteroatoms. The van der Waals surface area contributed by atoms with Crippen LogP contribution in [0.1, 0.15) is 27.9 Å². The molecule has 1 aliphatic rings. The number of nitrogens with zero attached hydrogens (tertiary/aromatic N) is 1. The summed E-state index contributed by atoms with van der Waals surface area (Å²) in [7, 11) is 1.55. The molecule has 1 atom stereocenters. The third-order valence-electron chi connectivity index (χ3n) is 6.00. The predicted octanol–water partition coefficient (Wildman–Crippen LogP) is 3.49. The second-order valence-corrected chi connectivity index (χ2v) is 8.29. The van der Waals surface area contributed by atoms with Crippen molar-refractivity contribution >= 4 is 17.6 Å². The number of hydrogen-bond donors (Lipinski definition) is 3. The van der Waals surface area contributed by atoms with Crippen LogP contribution < -0.4 is 15.0 Å². The number of carboxylic acid groups (broad SMARTS) is 1. The zero-order valence-electron chi connectivity index (χ0n) is 19.0. The first-order chi connectivity index (χ1) is 16.5. The first kappa shape index (κ1) is 23.5. The number of aliphatic hydroxyl groups excluding tert-OH is 1. The van der Waals surface area contributed by atoms with Gasteiger partial charge in [-0.1, -0.05) is 48.5 Å². The first-order valence-corrected chi connectivity index (χ1v) is 11.2. The summed E-state index contributed by atoms with van der Waals surface area (Å²) in [5.74, 6) is -0.573. The maximum absolute atomic E-state index is 13.4. The molecular weight excluding hydrogens is 432 g/mol. The van der Waals surface area contributed by atoms with Crippen LogP contribution in [0.2, 0.25) is 0 Å². The molecule has 7 nitrogen and oxygen atoms in total. The Hall–Kier alpha value is -3.68. The minimum absolute atomic E-state index is 0.0846. The normalized spacial score (nSPS) is 13.4. The highest BCUT2D eigenvalue weighted by molar-refractivity contribution is 6.08. The highest BCUT2D eigenvalue weighted by atomic mass is 16.5. The Labute approximate surface area is 198 Å². The Morgan fingerprint density at radius 3 is 2.62 bits per heavy atom. The number of aliphatic hydroxyl groups is 1. The fourth-order valence-corrected chi connectivity index (χ4v) is 4.36. The summed E-state index contributed by atoms with van der Waals surface area (Å²) in [5.41, 5.74) is 5.75. The van der Waals surface area contributed by atoms with Crippen LogP contribution in [0.25, 0.3) is 11.1 Å². The van der Waals surface area contributed by atoms with Crippen LogP contribution in [0, 0.1) is 0 Å². The number of ether oxygens (including phenoxy) is 1. The molecule has 3 aromatic rings. The van der Waals surface area contributed by atoms with Crippen LogP contribution in [-0.4, -0.2) is 48.4 Å². The van der Waals surface area contributed by atoms with Crippen LogP contribution in [0.15, 0.2) is 66.7 Å². The number of carbonyl (C=O) groups excluding carboxylic acids is 1. The van der Waals surface area contributed by atoms with E-state index >= 15 is 0 Å². The van der Waals surface area contributed by atoms with Gasteiger partial charge >= 0.3 is 5.97 Å². The Morgan fingerprint density at radius 2 is 1.88 bits per heavy atom. The molecule has 0 fully saturated rings. The number of carboxylic acids is 1. The van der Waals surface area contributed by atoms with E-state index in [0.29, 0.717) is 24.4 Å². The van der Waals surface area contributed by atoms with E-state index < -0.39 is 12.1 Å². The summed E-state index contributed by atoms with van der Waals surface area (Å²) < 4.78 is 5.50. The molecule has 1 aliphatic heterocycles. The lowest BCUT2D eigenvalue weighted by atomic mass is 9.98. The zero-order valence-corrected chi connectivity index (χ0v) is 19.0. The summed E-state index contributed by atoms with van der Waals surface area (Å²) >= 11 is 0.